The summed E-state index contributed by atoms with van der Waals surface area (Å²) >= 11 is 1.27. The summed E-state index contributed by atoms with van der Waals surface area (Å²) in [5.74, 6) is -1.58. The molecule has 2 aromatic rings. The van der Waals surface area contributed by atoms with Gasteiger partial charge in [0.05, 0.1) is 16.7 Å². The lowest BCUT2D eigenvalue weighted by Gasteiger charge is -2.13. The van der Waals surface area contributed by atoms with Gasteiger partial charge in [-0.1, -0.05) is 12.1 Å². The maximum absolute atomic E-state index is 12.3. The molecule has 0 aliphatic carbocycles. The van der Waals surface area contributed by atoms with Gasteiger partial charge in [-0.2, -0.15) is 0 Å². The Labute approximate surface area is 153 Å². The standard InChI is InChI=1S/C18H17N3O4S/c1-10-9-13(15(19)23)16(26-10)20-14(22)7-4-8-21-17(24)11-5-2-3-6-12(11)18(21)25/h2-3,5-6,9H,4,7-8H2,1H3,(H2,19,23)(H,20,22). The molecule has 0 fully saturated rings. The first-order valence-electron chi connectivity index (χ1n) is 8.04. The van der Waals surface area contributed by atoms with Gasteiger partial charge < -0.3 is 11.1 Å². The first-order valence-corrected chi connectivity index (χ1v) is 8.85. The third-order valence-electron chi connectivity index (χ3n) is 4.04. The quantitative estimate of drug-likeness (QED) is 0.758. The van der Waals surface area contributed by atoms with Crippen molar-refractivity contribution >= 4 is 40.0 Å². The number of primary amides is 1. The number of nitrogens with zero attached hydrogens (tertiary/aromatic N) is 1. The number of imide groups is 1. The Bertz CT molecular complexity index is 884. The van der Waals surface area contributed by atoms with E-state index in [-0.39, 0.29) is 36.3 Å². The van der Waals surface area contributed by atoms with Gasteiger partial charge in [0.15, 0.2) is 0 Å². The van der Waals surface area contributed by atoms with E-state index in [0.29, 0.717) is 22.5 Å². The first kappa shape index (κ1) is 17.8. The van der Waals surface area contributed by atoms with E-state index in [1.165, 1.54) is 11.3 Å². The zero-order valence-electron chi connectivity index (χ0n) is 14.1. The van der Waals surface area contributed by atoms with Crippen molar-refractivity contribution in [3.05, 3.63) is 51.9 Å². The zero-order chi connectivity index (χ0) is 18.8. The van der Waals surface area contributed by atoms with E-state index in [0.717, 1.165) is 9.78 Å². The lowest BCUT2D eigenvalue weighted by Crippen LogP contribution is -2.31. The molecular formula is C18H17N3O4S. The number of nitrogens with two attached hydrogens (primary N) is 1. The van der Waals surface area contributed by atoms with Crippen LogP contribution in [-0.4, -0.2) is 35.1 Å². The molecule has 0 unspecified atom stereocenters. The molecule has 3 N–H and O–H groups in total. The summed E-state index contributed by atoms with van der Waals surface area (Å²) in [6.45, 7) is 1.97. The van der Waals surface area contributed by atoms with Gasteiger partial charge in [0.2, 0.25) is 5.91 Å². The second-order valence-electron chi connectivity index (χ2n) is 5.92. The highest BCUT2D eigenvalue weighted by Gasteiger charge is 2.34. The van der Waals surface area contributed by atoms with Gasteiger partial charge in [0.1, 0.15) is 5.00 Å². The van der Waals surface area contributed by atoms with Crippen molar-refractivity contribution in [3.8, 4) is 0 Å². The minimum Gasteiger partial charge on any atom is -0.366 e. The molecule has 1 aromatic carbocycles. The van der Waals surface area contributed by atoms with E-state index in [1.54, 1.807) is 30.3 Å². The SMILES string of the molecule is Cc1cc(C(N)=O)c(NC(=O)CCCN2C(=O)c3ccccc3C2=O)s1. The van der Waals surface area contributed by atoms with Gasteiger partial charge >= 0.3 is 0 Å². The minimum absolute atomic E-state index is 0.114. The van der Waals surface area contributed by atoms with Crippen molar-refractivity contribution in [1.82, 2.24) is 4.90 Å². The summed E-state index contributed by atoms with van der Waals surface area (Å²) in [6.07, 6.45) is 0.441. The van der Waals surface area contributed by atoms with Crippen molar-refractivity contribution in [2.45, 2.75) is 19.8 Å². The largest absolute Gasteiger partial charge is 0.366 e. The highest BCUT2D eigenvalue weighted by molar-refractivity contribution is 7.16. The zero-order valence-corrected chi connectivity index (χ0v) is 14.9. The monoisotopic (exact) mass is 371 g/mol. The minimum atomic E-state index is -0.601. The summed E-state index contributed by atoms with van der Waals surface area (Å²) in [5, 5.41) is 3.09. The van der Waals surface area contributed by atoms with Crippen LogP contribution in [-0.2, 0) is 4.79 Å². The smallest absolute Gasteiger partial charge is 0.261 e. The average molecular weight is 371 g/mol. The Hall–Kier alpha value is -3.00. The molecule has 134 valence electrons. The van der Waals surface area contributed by atoms with Crippen LogP contribution in [0.2, 0.25) is 0 Å². The Morgan fingerprint density at radius 2 is 1.77 bits per heavy atom. The van der Waals surface area contributed by atoms with Crippen molar-refractivity contribution < 1.29 is 19.2 Å². The fourth-order valence-corrected chi connectivity index (χ4v) is 3.75. The molecule has 0 bridgehead atoms. The van der Waals surface area contributed by atoms with Crippen molar-refractivity contribution in [2.75, 3.05) is 11.9 Å². The van der Waals surface area contributed by atoms with Crippen LogP contribution in [0.25, 0.3) is 0 Å². The maximum Gasteiger partial charge on any atom is 0.261 e. The Balaban J connectivity index is 1.56. The summed E-state index contributed by atoms with van der Waals surface area (Å²) in [7, 11) is 0. The Morgan fingerprint density at radius 3 is 2.35 bits per heavy atom. The van der Waals surface area contributed by atoms with E-state index in [4.69, 9.17) is 5.73 Å². The van der Waals surface area contributed by atoms with Crippen LogP contribution in [0.4, 0.5) is 5.00 Å². The van der Waals surface area contributed by atoms with Crippen LogP contribution in [0.5, 0.6) is 0 Å². The molecule has 1 aliphatic heterocycles. The number of benzene rings is 1. The van der Waals surface area contributed by atoms with Crippen LogP contribution < -0.4 is 11.1 Å². The Kier molecular flexibility index (Phi) is 4.85. The number of amides is 4. The third kappa shape index (κ3) is 3.36. The summed E-state index contributed by atoms with van der Waals surface area (Å²) in [6, 6.07) is 8.28. The van der Waals surface area contributed by atoms with E-state index in [1.807, 2.05) is 6.92 Å². The molecule has 0 saturated carbocycles. The summed E-state index contributed by atoms with van der Waals surface area (Å²) in [5.41, 5.74) is 6.35. The number of aryl methyl sites for hydroxylation is 1. The lowest BCUT2D eigenvalue weighted by molar-refractivity contribution is -0.116. The second-order valence-corrected chi connectivity index (χ2v) is 7.18. The van der Waals surface area contributed by atoms with Crippen LogP contribution in [0.1, 0.15) is 48.8 Å². The number of anilines is 1. The number of rotatable bonds is 6. The van der Waals surface area contributed by atoms with E-state index < -0.39 is 5.91 Å². The molecular weight excluding hydrogens is 354 g/mol. The van der Waals surface area contributed by atoms with Gasteiger partial charge in [0.25, 0.3) is 17.7 Å². The van der Waals surface area contributed by atoms with E-state index >= 15 is 0 Å². The van der Waals surface area contributed by atoms with Gasteiger partial charge in [-0.05, 0) is 31.5 Å². The van der Waals surface area contributed by atoms with Crippen LogP contribution >= 0.6 is 11.3 Å². The maximum atomic E-state index is 12.3. The van der Waals surface area contributed by atoms with Crippen LogP contribution in [0, 0.1) is 6.92 Å². The van der Waals surface area contributed by atoms with Crippen molar-refractivity contribution in [2.24, 2.45) is 5.73 Å². The molecule has 3 rings (SSSR count). The number of carbonyl (C=O) groups is 4. The molecule has 8 heteroatoms. The van der Waals surface area contributed by atoms with Crippen molar-refractivity contribution in [3.63, 3.8) is 0 Å². The Morgan fingerprint density at radius 1 is 1.15 bits per heavy atom. The van der Waals surface area contributed by atoms with Gasteiger partial charge in [-0.25, -0.2) is 0 Å². The molecule has 2 heterocycles. The molecule has 26 heavy (non-hydrogen) atoms. The van der Waals surface area contributed by atoms with E-state index in [2.05, 4.69) is 5.32 Å². The molecule has 1 aromatic heterocycles. The van der Waals surface area contributed by atoms with E-state index in [9.17, 15) is 19.2 Å². The van der Waals surface area contributed by atoms with Gasteiger partial charge in [-0.15, -0.1) is 11.3 Å². The fraction of sp³-hybridized carbons (Fsp3) is 0.222. The normalized spacial score (nSPS) is 13.0. The van der Waals surface area contributed by atoms with Gasteiger partial charge in [0, 0.05) is 17.8 Å². The van der Waals surface area contributed by atoms with Gasteiger partial charge in [-0.3, -0.25) is 24.1 Å². The predicted octanol–water partition coefficient (Wildman–Crippen LogP) is 2.17. The summed E-state index contributed by atoms with van der Waals surface area (Å²) < 4.78 is 0. The molecule has 0 saturated heterocycles. The molecule has 0 atom stereocenters. The first-order chi connectivity index (χ1) is 12.4. The fourth-order valence-electron chi connectivity index (χ4n) is 2.82. The number of hydrogen-bond donors (Lipinski definition) is 2. The molecule has 7 nitrogen and oxygen atoms in total. The van der Waals surface area contributed by atoms with Crippen molar-refractivity contribution in [1.29, 1.82) is 0 Å². The molecule has 4 amide bonds. The lowest BCUT2D eigenvalue weighted by atomic mass is 10.1. The third-order valence-corrected chi connectivity index (χ3v) is 5.00. The average Bonchev–Trinajstić information content (AvgIpc) is 3.08. The number of hydrogen-bond acceptors (Lipinski definition) is 5. The predicted molar refractivity (Wildman–Crippen MR) is 97.2 cm³/mol. The highest BCUT2D eigenvalue weighted by Crippen LogP contribution is 2.27. The number of thiophene rings is 1. The topological polar surface area (TPSA) is 110 Å². The van der Waals surface area contributed by atoms with Crippen LogP contribution in [0.15, 0.2) is 30.3 Å². The molecule has 0 radical (unpaired) electrons. The molecule has 0 spiro atoms. The number of carbonyl (C=O) groups excluding carboxylic acids is 4. The molecule has 1 aliphatic rings. The highest BCUT2D eigenvalue weighted by atomic mass is 32.1. The number of nitrogens with one attached hydrogen (secondary N) is 1. The second kappa shape index (κ2) is 7.09. The summed E-state index contributed by atoms with van der Waals surface area (Å²) in [4.78, 5) is 50.0. The number of fused-ring (bicyclic) bond motifs is 1. The van der Waals surface area contributed by atoms with Crippen LogP contribution in [0.3, 0.4) is 0 Å².